The van der Waals surface area contributed by atoms with E-state index in [-0.39, 0.29) is 0 Å². The van der Waals surface area contributed by atoms with Crippen LogP contribution in [0.3, 0.4) is 0 Å². The molecule has 1 aliphatic carbocycles. The van der Waals surface area contributed by atoms with Crippen molar-refractivity contribution in [3.05, 3.63) is 21.3 Å². The highest BCUT2D eigenvalue weighted by Gasteiger charge is 2.45. The molecule has 20 heavy (non-hydrogen) atoms. The lowest BCUT2D eigenvalue weighted by atomic mass is 9.84. The minimum atomic E-state index is 0.391. The van der Waals surface area contributed by atoms with Gasteiger partial charge in [-0.15, -0.1) is 11.3 Å². The molecule has 2 fully saturated rings. The largest absolute Gasteiger partial charge is 0.315 e. The summed E-state index contributed by atoms with van der Waals surface area (Å²) in [6, 6.07) is 4.79. The molecule has 3 rings (SSSR count). The number of hydrogen-bond donors (Lipinski definition) is 1. The molecule has 4 heteroatoms. The summed E-state index contributed by atoms with van der Waals surface area (Å²) in [7, 11) is 2.13. The molecule has 2 nitrogen and oxygen atoms in total. The van der Waals surface area contributed by atoms with Crippen LogP contribution < -0.4 is 5.32 Å². The minimum absolute atomic E-state index is 0.391. The molecular weight excluding hydrogens is 288 g/mol. The van der Waals surface area contributed by atoms with Gasteiger partial charge < -0.3 is 5.32 Å². The van der Waals surface area contributed by atoms with Crippen molar-refractivity contribution in [2.24, 2.45) is 0 Å². The predicted molar refractivity (Wildman–Crippen MR) is 87.9 cm³/mol. The molecule has 1 unspecified atom stereocenters. The SMILES string of the molecule is CNC(Cc1ccc(Cl)s1)C1(N2CCCC2)CCCC1. The number of likely N-dealkylation sites (N-methyl/N-ethyl adjacent to an activating group) is 1. The van der Waals surface area contributed by atoms with Crippen LogP contribution in [0.2, 0.25) is 4.34 Å². The summed E-state index contributed by atoms with van der Waals surface area (Å²) in [5, 5.41) is 3.64. The van der Waals surface area contributed by atoms with Crippen LogP contribution in [0.4, 0.5) is 0 Å². The maximum absolute atomic E-state index is 6.10. The second-order valence-electron chi connectivity index (χ2n) is 6.26. The number of hydrogen-bond acceptors (Lipinski definition) is 3. The standard InChI is InChI=1S/C16H25ClN2S/c1-18-14(12-13-6-7-15(17)20-13)16(8-2-3-9-16)19-10-4-5-11-19/h6-7,14,18H,2-5,8-12H2,1H3. The van der Waals surface area contributed by atoms with Crippen molar-refractivity contribution in [1.82, 2.24) is 10.2 Å². The molecule has 1 saturated carbocycles. The number of halogens is 1. The van der Waals surface area contributed by atoms with Gasteiger partial charge in [0.2, 0.25) is 0 Å². The topological polar surface area (TPSA) is 15.3 Å². The number of nitrogens with zero attached hydrogens (tertiary/aromatic N) is 1. The van der Waals surface area contributed by atoms with Crippen molar-refractivity contribution in [2.45, 2.75) is 56.5 Å². The van der Waals surface area contributed by atoms with Crippen LogP contribution in [-0.2, 0) is 6.42 Å². The van der Waals surface area contributed by atoms with E-state index in [0.717, 1.165) is 10.8 Å². The van der Waals surface area contributed by atoms with Gasteiger partial charge >= 0.3 is 0 Å². The van der Waals surface area contributed by atoms with Crippen molar-refractivity contribution >= 4 is 22.9 Å². The lowest BCUT2D eigenvalue weighted by molar-refractivity contribution is 0.0801. The minimum Gasteiger partial charge on any atom is -0.315 e. The van der Waals surface area contributed by atoms with Crippen molar-refractivity contribution in [1.29, 1.82) is 0 Å². The Morgan fingerprint density at radius 1 is 1.25 bits per heavy atom. The van der Waals surface area contributed by atoms with Gasteiger partial charge in [-0.25, -0.2) is 0 Å². The van der Waals surface area contributed by atoms with Gasteiger partial charge in [0.25, 0.3) is 0 Å². The van der Waals surface area contributed by atoms with Crippen LogP contribution in [0.1, 0.15) is 43.4 Å². The quantitative estimate of drug-likeness (QED) is 0.886. The number of rotatable bonds is 5. The molecule has 1 saturated heterocycles. The maximum atomic E-state index is 6.10. The molecule has 1 aliphatic heterocycles. The third kappa shape index (κ3) is 2.78. The van der Waals surface area contributed by atoms with E-state index in [1.54, 1.807) is 11.3 Å². The van der Waals surface area contributed by atoms with Crippen molar-refractivity contribution in [3.8, 4) is 0 Å². The summed E-state index contributed by atoms with van der Waals surface area (Å²) in [6.45, 7) is 2.59. The van der Waals surface area contributed by atoms with Crippen LogP contribution in [-0.4, -0.2) is 36.6 Å². The van der Waals surface area contributed by atoms with Gasteiger partial charge in [-0.05, 0) is 64.4 Å². The van der Waals surface area contributed by atoms with Gasteiger partial charge in [-0.3, -0.25) is 4.90 Å². The first-order valence-corrected chi connectivity index (χ1v) is 9.10. The van der Waals surface area contributed by atoms with Crippen LogP contribution >= 0.6 is 22.9 Å². The molecule has 112 valence electrons. The molecule has 0 spiro atoms. The molecule has 0 radical (unpaired) electrons. The Bertz CT molecular complexity index is 433. The van der Waals surface area contributed by atoms with E-state index in [1.807, 2.05) is 6.07 Å². The Morgan fingerprint density at radius 2 is 1.95 bits per heavy atom. The second kappa shape index (κ2) is 6.35. The molecule has 0 aromatic carbocycles. The van der Waals surface area contributed by atoms with Gasteiger partial charge in [-0.1, -0.05) is 24.4 Å². The monoisotopic (exact) mass is 312 g/mol. The van der Waals surface area contributed by atoms with Crippen LogP contribution in [0.25, 0.3) is 0 Å². The normalized spacial score (nSPS) is 24.3. The van der Waals surface area contributed by atoms with Crippen LogP contribution in [0.5, 0.6) is 0 Å². The Labute approximate surface area is 131 Å². The van der Waals surface area contributed by atoms with Gasteiger partial charge in [0.1, 0.15) is 0 Å². The molecule has 2 heterocycles. The fourth-order valence-electron chi connectivity index (χ4n) is 4.26. The smallest absolute Gasteiger partial charge is 0.0931 e. The van der Waals surface area contributed by atoms with Gasteiger partial charge in [0.15, 0.2) is 0 Å². The molecule has 1 atom stereocenters. The van der Waals surface area contributed by atoms with Gasteiger partial charge in [0, 0.05) is 16.5 Å². The van der Waals surface area contributed by atoms with E-state index in [1.165, 1.54) is 56.5 Å². The molecule has 2 aliphatic rings. The van der Waals surface area contributed by atoms with Crippen molar-refractivity contribution in [2.75, 3.05) is 20.1 Å². The van der Waals surface area contributed by atoms with E-state index in [9.17, 15) is 0 Å². The zero-order chi connectivity index (χ0) is 14.0. The highest BCUT2D eigenvalue weighted by atomic mass is 35.5. The third-order valence-corrected chi connectivity index (χ3v) is 6.49. The Morgan fingerprint density at radius 3 is 2.50 bits per heavy atom. The average Bonchev–Trinajstić information content (AvgIpc) is 3.17. The van der Waals surface area contributed by atoms with E-state index in [4.69, 9.17) is 11.6 Å². The van der Waals surface area contributed by atoms with Crippen LogP contribution in [0.15, 0.2) is 12.1 Å². The average molecular weight is 313 g/mol. The lowest BCUT2D eigenvalue weighted by Crippen LogP contribution is -2.59. The molecule has 1 aromatic rings. The van der Waals surface area contributed by atoms with E-state index >= 15 is 0 Å². The summed E-state index contributed by atoms with van der Waals surface area (Å²) >= 11 is 7.83. The molecule has 1 N–H and O–H groups in total. The summed E-state index contributed by atoms with van der Waals surface area (Å²) in [5.74, 6) is 0. The van der Waals surface area contributed by atoms with E-state index in [0.29, 0.717) is 11.6 Å². The third-order valence-electron chi connectivity index (χ3n) is 5.24. The Kier molecular flexibility index (Phi) is 4.71. The highest BCUT2D eigenvalue weighted by molar-refractivity contribution is 7.16. The Hall–Kier alpha value is -0.0900. The summed E-state index contributed by atoms with van der Waals surface area (Å²) in [5.41, 5.74) is 0.391. The van der Waals surface area contributed by atoms with E-state index in [2.05, 4.69) is 23.3 Å². The fraction of sp³-hybridized carbons (Fsp3) is 0.750. The second-order valence-corrected chi connectivity index (χ2v) is 8.06. The number of thiophene rings is 1. The first-order valence-electron chi connectivity index (χ1n) is 7.91. The maximum Gasteiger partial charge on any atom is 0.0931 e. The summed E-state index contributed by atoms with van der Waals surface area (Å²) < 4.78 is 0.913. The molecule has 1 aromatic heterocycles. The summed E-state index contributed by atoms with van der Waals surface area (Å²) in [4.78, 5) is 4.20. The first kappa shape index (κ1) is 14.8. The van der Waals surface area contributed by atoms with Crippen molar-refractivity contribution in [3.63, 3.8) is 0 Å². The predicted octanol–water partition coefficient (Wildman–Crippen LogP) is 3.94. The molecule has 0 bridgehead atoms. The number of likely N-dealkylation sites (tertiary alicyclic amines) is 1. The Balaban J connectivity index is 1.80. The zero-order valence-corrected chi connectivity index (χ0v) is 13.9. The van der Waals surface area contributed by atoms with E-state index < -0.39 is 0 Å². The first-order chi connectivity index (χ1) is 9.74. The van der Waals surface area contributed by atoms with Gasteiger partial charge in [-0.2, -0.15) is 0 Å². The fourth-order valence-corrected chi connectivity index (χ4v) is 5.39. The zero-order valence-electron chi connectivity index (χ0n) is 12.3. The van der Waals surface area contributed by atoms with Crippen LogP contribution in [0, 0.1) is 0 Å². The van der Waals surface area contributed by atoms with Crippen molar-refractivity contribution < 1.29 is 0 Å². The highest BCUT2D eigenvalue weighted by Crippen LogP contribution is 2.41. The van der Waals surface area contributed by atoms with Gasteiger partial charge in [0.05, 0.1) is 4.34 Å². The molecule has 0 amide bonds. The molecular formula is C16H25ClN2S. The number of nitrogens with one attached hydrogen (secondary N) is 1. The lowest BCUT2D eigenvalue weighted by Gasteiger charge is -2.45. The summed E-state index contributed by atoms with van der Waals surface area (Å²) in [6.07, 6.45) is 9.37.